The number of likely N-dealkylation sites (N-methyl/N-ethyl adjacent to an activating group) is 1. The van der Waals surface area contributed by atoms with Gasteiger partial charge in [0.05, 0.1) is 12.2 Å². The molecule has 0 unspecified atom stereocenters. The number of phenolic OH excluding ortho intramolecular Hbond substituents is 1. The summed E-state index contributed by atoms with van der Waals surface area (Å²) in [5, 5.41) is 14.3. The molecular weight excluding hydrogens is 378 g/mol. The van der Waals surface area contributed by atoms with Gasteiger partial charge in [0, 0.05) is 35.2 Å². The number of hydrogen-bond acceptors (Lipinski definition) is 5. The number of thiazole rings is 1. The maximum Gasteiger partial charge on any atom is 0.123 e. The molecule has 0 atom stereocenters. The molecule has 1 saturated heterocycles. The fourth-order valence-corrected chi connectivity index (χ4v) is 4.74. The van der Waals surface area contributed by atoms with Gasteiger partial charge in [-0.05, 0) is 49.5 Å². The standard InChI is InChI=1S/C24H37N3OS/c1-23(2,3)18-13-17(14-19(22(18)28)24(4,5)6)20-16-29-21(25-20)15-27-10-8-9-26(7)11-12-27/h13-14,16,28H,8-12,15H2,1-7H3. The third-order valence-electron chi connectivity index (χ3n) is 5.74. The number of hydrogen-bond donors (Lipinski definition) is 1. The second kappa shape index (κ2) is 8.37. The Labute approximate surface area is 180 Å². The van der Waals surface area contributed by atoms with Crippen molar-refractivity contribution in [1.82, 2.24) is 14.8 Å². The van der Waals surface area contributed by atoms with Crippen LogP contribution in [0.15, 0.2) is 17.5 Å². The van der Waals surface area contributed by atoms with Crippen LogP contribution in [0.5, 0.6) is 5.75 Å². The van der Waals surface area contributed by atoms with Crippen molar-refractivity contribution in [2.75, 3.05) is 33.2 Å². The molecule has 4 nitrogen and oxygen atoms in total. The number of nitrogens with zero attached hydrogens (tertiary/aromatic N) is 3. The molecule has 29 heavy (non-hydrogen) atoms. The Kier molecular flexibility index (Phi) is 6.42. The van der Waals surface area contributed by atoms with Gasteiger partial charge in [0.2, 0.25) is 0 Å². The van der Waals surface area contributed by atoms with Crippen molar-refractivity contribution < 1.29 is 5.11 Å². The molecule has 3 rings (SSSR count). The minimum absolute atomic E-state index is 0.128. The highest BCUT2D eigenvalue weighted by Crippen LogP contribution is 2.42. The summed E-state index contributed by atoms with van der Waals surface area (Å²) in [5.41, 5.74) is 3.85. The van der Waals surface area contributed by atoms with Crippen LogP contribution in [0.3, 0.4) is 0 Å². The molecule has 1 aliphatic rings. The summed E-state index contributed by atoms with van der Waals surface area (Å²) in [7, 11) is 2.20. The first-order chi connectivity index (χ1) is 13.4. The third kappa shape index (κ3) is 5.39. The maximum absolute atomic E-state index is 11.0. The molecule has 0 radical (unpaired) electrons. The van der Waals surface area contributed by atoms with Crippen molar-refractivity contribution in [3.05, 3.63) is 33.6 Å². The fraction of sp³-hybridized carbons (Fsp3) is 0.625. The fourth-order valence-electron chi connectivity index (χ4n) is 3.89. The van der Waals surface area contributed by atoms with Gasteiger partial charge >= 0.3 is 0 Å². The molecule has 1 aliphatic heterocycles. The first-order valence-corrected chi connectivity index (χ1v) is 11.6. The van der Waals surface area contributed by atoms with Crippen LogP contribution in [0.1, 0.15) is 64.1 Å². The largest absolute Gasteiger partial charge is 0.507 e. The van der Waals surface area contributed by atoms with Crippen LogP contribution in [0.2, 0.25) is 0 Å². The van der Waals surface area contributed by atoms with E-state index in [0.717, 1.165) is 48.6 Å². The molecule has 2 heterocycles. The quantitative estimate of drug-likeness (QED) is 0.743. The summed E-state index contributed by atoms with van der Waals surface area (Å²) < 4.78 is 0. The SMILES string of the molecule is CN1CCCN(Cc2nc(-c3cc(C(C)(C)C)c(O)c(C(C)(C)C)c3)cs2)CC1. The number of benzene rings is 1. The molecule has 0 saturated carbocycles. The first kappa shape index (κ1) is 22.3. The Morgan fingerprint density at radius 1 is 0.966 bits per heavy atom. The molecule has 1 N–H and O–H groups in total. The average molecular weight is 416 g/mol. The van der Waals surface area contributed by atoms with Gasteiger partial charge < -0.3 is 10.0 Å². The van der Waals surface area contributed by atoms with Crippen molar-refractivity contribution in [3.8, 4) is 17.0 Å². The Balaban J connectivity index is 1.91. The van der Waals surface area contributed by atoms with Crippen molar-refractivity contribution >= 4 is 11.3 Å². The number of aromatic nitrogens is 1. The molecule has 1 aromatic carbocycles. The molecular formula is C24H37N3OS. The minimum Gasteiger partial charge on any atom is -0.507 e. The number of rotatable bonds is 3. The predicted octanol–water partition coefficient (Wildman–Crippen LogP) is 5.25. The Morgan fingerprint density at radius 2 is 1.59 bits per heavy atom. The molecule has 2 aromatic rings. The van der Waals surface area contributed by atoms with Gasteiger partial charge in [-0.2, -0.15) is 0 Å². The molecule has 5 heteroatoms. The van der Waals surface area contributed by atoms with Gasteiger partial charge in [-0.15, -0.1) is 11.3 Å². The lowest BCUT2D eigenvalue weighted by atomic mass is 9.78. The van der Waals surface area contributed by atoms with Crippen molar-refractivity contribution in [2.24, 2.45) is 0 Å². The zero-order valence-corrected chi connectivity index (χ0v) is 20.0. The van der Waals surface area contributed by atoms with Crippen LogP contribution in [0.4, 0.5) is 0 Å². The summed E-state index contributed by atoms with van der Waals surface area (Å²) in [4.78, 5) is 9.91. The summed E-state index contributed by atoms with van der Waals surface area (Å²) in [6.45, 7) is 18.4. The van der Waals surface area contributed by atoms with Crippen LogP contribution in [-0.4, -0.2) is 53.1 Å². The van der Waals surface area contributed by atoms with Gasteiger partial charge in [0.15, 0.2) is 0 Å². The van der Waals surface area contributed by atoms with Crippen molar-refractivity contribution in [3.63, 3.8) is 0 Å². The molecule has 0 bridgehead atoms. The van der Waals surface area contributed by atoms with E-state index in [0.29, 0.717) is 5.75 Å². The first-order valence-electron chi connectivity index (χ1n) is 10.7. The summed E-state index contributed by atoms with van der Waals surface area (Å²) in [5.74, 6) is 0.429. The van der Waals surface area contributed by atoms with Crippen LogP contribution >= 0.6 is 11.3 Å². The zero-order valence-electron chi connectivity index (χ0n) is 19.2. The van der Waals surface area contributed by atoms with E-state index in [1.54, 1.807) is 11.3 Å². The van der Waals surface area contributed by atoms with Gasteiger partial charge in [-0.25, -0.2) is 4.98 Å². The van der Waals surface area contributed by atoms with E-state index >= 15 is 0 Å². The van der Waals surface area contributed by atoms with E-state index < -0.39 is 0 Å². The zero-order chi connectivity index (χ0) is 21.4. The molecule has 1 aromatic heterocycles. The van der Waals surface area contributed by atoms with E-state index in [9.17, 15) is 5.11 Å². The van der Waals surface area contributed by atoms with E-state index in [-0.39, 0.29) is 10.8 Å². The van der Waals surface area contributed by atoms with E-state index in [1.165, 1.54) is 18.0 Å². The Bertz CT molecular complexity index is 810. The average Bonchev–Trinajstić information content (AvgIpc) is 2.96. The maximum atomic E-state index is 11.0. The summed E-state index contributed by atoms with van der Waals surface area (Å²) in [6, 6.07) is 4.26. The van der Waals surface area contributed by atoms with E-state index in [1.807, 2.05) is 0 Å². The van der Waals surface area contributed by atoms with Crippen LogP contribution < -0.4 is 0 Å². The lowest BCUT2D eigenvalue weighted by Crippen LogP contribution is -2.28. The molecule has 0 aliphatic carbocycles. The van der Waals surface area contributed by atoms with Crippen LogP contribution in [0, 0.1) is 0 Å². The topological polar surface area (TPSA) is 39.6 Å². The number of phenols is 1. The van der Waals surface area contributed by atoms with Gasteiger partial charge in [-0.3, -0.25) is 4.90 Å². The highest BCUT2D eigenvalue weighted by molar-refractivity contribution is 7.09. The molecule has 160 valence electrons. The lowest BCUT2D eigenvalue weighted by Gasteiger charge is -2.28. The van der Waals surface area contributed by atoms with Crippen LogP contribution in [0.25, 0.3) is 11.3 Å². The monoisotopic (exact) mass is 415 g/mol. The summed E-state index contributed by atoms with van der Waals surface area (Å²) >= 11 is 1.75. The molecule has 0 spiro atoms. The number of aromatic hydroxyl groups is 1. The van der Waals surface area contributed by atoms with Gasteiger partial charge in [-0.1, -0.05) is 41.5 Å². The van der Waals surface area contributed by atoms with Crippen LogP contribution in [-0.2, 0) is 17.4 Å². The lowest BCUT2D eigenvalue weighted by molar-refractivity contribution is 0.269. The summed E-state index contributed by atoms with van der Waals surface area (Å²) in [6.07, 6.45) is 1.22. The van der Waals surface area contributed by atoms with Gasteiger partial charge in [0.1, 0.15) is 10.8 Å². The van der Waals surface area contributed by atoms with E-state index in [4.69, 9.17) is 4.98 Å². The Hall–Kier alpha value is -1.43. The Morgan fingerprint density at radius 3 is 2.17 bits per heavy atom. The second-order valence-electron chi connectivity index (χ2n) is 10.5. The second-order valence-corrected chi connectivity index (χ2v) is 11.4. The predicted molar refractivity (Wildman–Crippen MR) is 124 cm³/mol. The van der Waals surface area contributed by atoms with E-state index in [2.05, 4.69) is 75.9 Å². The molecule has 1 fully saturated rings. The third-order valence-corrected chi connectivity index (χ3v) is 6.58. The highest BCUT2D eigenvalue weighted by atomic mass is 32.1. The van der Waals surface area contributed by atoms with Gasteiger partial charge in [0.25, 0.3) is 0 Å². The normalized spacial score (nSPS) is 17.5. The smallest absolute Gasteiger partial charge is 0.123 e. The molecule has 0 amide bonds. The van der Waals surface area contributed by atoms with Crippen molar-refractivity contribution in [1.29, 1.82) is 0 Å². The van der Waals surface area contributed by atoms with Crippen molar-refractivity contribution in [2.45, 2.75) is 65.3 Å². The minimum atomic E-state index is -0.128. The highest BCUT2D eigenvalue weighted by Gasteiger charge is 2.27.